The van der Waals surface area contributed by atoms with Gasteiger partial charge in [0.1, 0.15) is 18.1 Å². The zero-order valence-electron chi connectivity index (χ0n) is 12.2. The lowest BCUT2D eigenvalue weighted by Gasteiger charge is -2.07. The molecule has 0 spiro atoms. The van der Waals surface area contributed by atoms with E-state index in [1.54, 1.807) is 7.11 Å². The van der Waals surface area contributed by atoms with Crippen molar-refractivity contribution in [3.8, 4) is 11.5 Å². The Hall–Kier alpha value is -2.23. The average molecular weight is 285 g/mol. The molecular weight excluding hydrogens is 266 g/mol. The molecule has 1 aliphatic carbocycles. The summed E-state index contributed by atoms with van der Waals surface area (Å²) >= 11 is 0. The fourth-order valence-corrected chi connectivity index (χ4v) is 2.65. The minimum atomic E-state index is 0.270. The van der Waals surface area contributed by atoms with Crippen molar-refractivity contribution in [3.05, 3.63) is 47.8 Å². The van der Waals surface area contributed by atoms with Gasteiger partial charge in [0.25, 0.3) is 0 Å². The summed E-state index contributed by atoms with van der Waals surface area (Å²) in [5.74, 6) is 1.91. The molecule has 0 radical (unpaired) electrons. The van der Waals surface area contributed by atoms with E-state index in [0.29, 0.717) is 13.0 Å². The van der Waals surface area contributed by atoms with Crippen LogP contribution in [0.2, 0.25) is 0 Å². The number of benzene rings is 1. The predicted octanol–water partition coefficient (Wildman–Crippen LogP) is 3.09. The summed E-state index contributed by atoms with van der Waals surface area (Å²) in [6.07, 6.45) is 6.68. The van der Waals surface area contributed by atoms with Crippen LogP contribution in [0.4, 0.5) is 0 Å². The zero-order valence-corrected chi connectivity index (χ0v) is 12.2. The number of methoxy groups -OCH3 is 1. The number of aryl methyl sites for hydroxylation is 1. The van der Waals surface area contributed by atoms with Crippen LogP contribution in [0.5, 0.6) is 11.5 Å². The highest BCUT2D eigenvalue weighted by Crippen LogP contribution is 2.22. The molecule has 1 aromatic heterocycles. The van der Waals surface area contributed by atoms with E-state index < -0.39 is 0 Å². The number of hydrogen-bond acceptors (Lipinski definition) is 3. The largest absolute Gasteiger partial charge is 0.497 e. The van der Waals surface area contributed by atoms with Gasteiger partial charge in [-0.3, -0.25) is 4.79 Å². The second-order valence-electron chi connectivity index (χ2n) is 5.24. The number of aromatic nitrogens is 1. The highest BCUT2D eigenvalue weighted by Gasteiger charge is 2.18. The van der Waals surface area contributed by atoms with Crippen molar-refractivity contribution >= 4 is 5.78 Å². The molecule has 0 aliphatic heterocycles. The van der Waals surface area contributed by atoms with E-state index in [1.807, 2.05) is 30.5 Å². The van der Waals surface area contributed by atoms with Gasteiger partial charge < -0.3 is 14.0 Å². The van der Waals surface area contributed by atoms with Crippen molar-refractivity contribution < 1.29 is 14.3 Å². The molecular formula is C17H19NO3. The van der Waals surface area contributed by atoms with Gasteiger partial charge in [-0.05, 0) is 42.7 Å². The molecule has 110 valence electrons. The third-order valence-electron chi connectivity index (χ3n) is 3.79. The van der Waals surface area contributed by atoms with Crippen LogP contribution in [0.1, 0.15) is 28.8 Å². The molecule has 0 fully saturated rings. The number of carbonyl (C=O) groups excluding carboxylic acids is 1. The fraction of sp³-hybridized carbons (Fsp3) is 0.353. The number of carbonyl (C=O) groups is 1. The topological polar surface area (TPSA) is 40.5 Å². The molecule has 1 aliphatic rings. The first kappa shape index (κ1) is 13.7. The van der Waals surface area contributed by atoms with Crippen molar-refractivity contribution in [3.63, 3.8) is 0 Å². The molecule has 0 saturated heterocycles. The number of nitrogens with zero attached hydrogens (tertiary/aromatic N) is 1. The Labute approximate surface area is 124 Å². The summed E-state index contributed by atoms with van der Waals surface area (Å²) < 4.78 is 12.9. The first-order valence-corrected chi connectivity index (χ1v) is 7.25. The molecule has 21 heavy (non-hydrogen) atoms. The van der Waals surface area contributed by atoms with Crippen molar-refractivity contribution in [2.75, 3.05) is 13.7 Å². The number of hydrogen-bond donors (Lipinski definition) is 0. The third-order valence-corrected chi connectivity index (χ3v) is 3.79. The van der Waals surface area contributed by atoms with Crippen LogP contribution in [-0.2, 0) is 13.0 Å². The quantitative estimate of drug-likeness (QED) is 0.847. The normalized spacial score (nSPS) is 13.9. The minimum absolute atomic E-state index is 0.270. The van der Waals surface area contributed by atoms with Gasteiger partial charge in [0.05, 0.1) is 13.7 Å². The molecule has 1 aromatic carbocycles. The number of fused-ring (bicyclic) bond motifs is 1. The maximum atomic E-state index is 11.8. The first-order chi connectivity index (χ1) is 10.3. The molecule has 2 aromatic rings. The van der Waals surface area contributed by atoms with E-state index in [1.165, 1.54) is 5.56 Å². The summed E-state index contributed by atoms with van der Waals surface area (Å²) in [4.78, 5) is 11.8. The van der Waals surface area contributed by atoms with Crippen LogP contribution in [-0.4, -0.2) is 24.1 Å². The molecule has 1 heterocycles. The van der Waals surface area contributed by atoms with Crippen molar-refractivity contribution in [1.82, 2.24) is 4.57 Å². The Morgan fingerprint density at radius 3 is 2.57 bits per heavy atom. The van der Waals surface area contributed by atoms with Gasteiger partial charge in [0.2, 0.25) is 0 Å². The molecule has 4 heteroatoms. The second-order valence-corrected chi connectivity index (χ2v) is 5.24. The number of Topliss-reactive ketones (excluding diaryl/α,β-unsaturated/α-hetero) is 1. The molecule has 0 atom stereocenters. The van der Waals surface area contributed by atoms with Gasteiger partial charge in [-0.15, -0.1) is 0 Å². The van der Waals surface area contributed by atoms with E-state index in [4.69, 9.17) is 9.47 Å². The van der Waals surface area contributed by atoms with Crippen LogP contribution in [0.3, 0.4) is 0 Å². The van der Waals surface area contributed by atoms with Gasteiger partial charge in [-0.2, -0.15) is 0 Å². The van der Waals surface area contributed by atoms with Crippen molar-refractivity contribution in [2.45, 2.75) is 25.8 Å². The smallest absolute Gasteiger partial charge is 0.164 e. The van der Waals surface area contributed by atoms with Gasteiger partial charge in [0.15, 0.2) is 5.78 Å². The molecule has 0 N–H and O–H groups in total. The Morgan fingerprint density at radius 1 is 1.10 bits per heavy atom. The minimum Gasteiger partial charge on any atom is -0.497 e. The van der Waals surface area contributed by atoms with Gasteiger partial charge in [-0.25, -0.2) is 0 Å². The standard InChI is InChI=1S/C17H19NO3/c1-20-14-5-7-15(8-6-14)21-10-9-18-11-13-3-2-4-17(19)16(13)12-18/h5-8,11-12H,2-4,9-10H2,1H3. The summed E-state index contributed by atoms with van der Waals surface area (Å²) in [5.41, 5.74) is 2.07. The Kier molecular flexibility index (Phi) is 3.95. The lowest BCUT2D eigenvalue weighted by Crippen LogP contribution is -2.07. The van der Waals surface area contributed by atoms with Crippen LogP contribution < -0.4 is 9.47 Å². The Morgan fingerprint density at radius 2 is 1.86 bits per heavy atom. The predicted molar refractivity (Wildman–Crippen MR) is 80.2 cm³/mol. The highest BCUT2D eigenvalue weighted by atomic mass is 16.5. The summed E-state index contributed by atoms with van der Waals surface area (Å²) in [6, 6.07) is 7.54. The number of ether oxygens (including phenoxy) is 2. The zero-order chi connectivity index (χ0) is 14.7. The maximum absolute atomic E-state index is 11.8. The molecule has 0 unspecified atom stereocenters. The SMILES string of the molecule is COc1ccc(OCCn2cc3c(c2)C(=O)CCC3)cc1. The van der Waals surface area contributed by atoms with Crippen LogP contribution in [0.15, 0.2) is 36.7 Å². The number of ketones is 1. The van der Waals surface area contributed by atoms with Crippen LogP contribution >= 0.6 is 0 Å². The molecule has 4 nitrogen and oxygen atoms in total. The van der Waals surface area contributed by atoms with E-state index in [0.717, 1.165) is 36.4 Å². The Bertz CT molecular complexity index is 628. The van der Waals surface area contributed by atoms with Gasteiger partial charge in [0, 0.05) is 24.4 Å². The molecule has 0 amide bonds. The lowest BCUT2D eigenvalue weighted by molar-refractivity contribution is 0.0973. The fourth-order valence-electron chi connectivity index (χ4n) is 2.65. The van der Waals surface area contributed by atoms with Gasteiger partial charge in [-0.1, -0.05) is 0 Å². The number of rotatable bonds is 5. The van der Waals surface area contributed by atoms with Crippen LogP contribution in [0.25, 0.3) is 0 Å². The summed E-state index contributed by atoms with van der Waals surface area (Å²) in [5, 5.41) is 0. The van der Waals surface area contributed by atoms with E-state index in [-0.39, 0.29) is 5.78 Å². The average Bonchev–Trinajstić information content (AvgIpc) is 2.92. The summed E-state index contributed by atoms with van der Waals surface area (Å²) in [6.45, 7) is 1.32. The molecule has 0 bridgehead atoms. The van der Waals surface area contributed by atoms with E-state index >= 15 is 0 Å². The maximum Gasteiger partial charge on any atom is 0.164 e. The summed E-state index contributed by atoms with van der Waals surface area (Å²) in [7, 11) is 1.64. The lowest BCUT2D eigenvalue weighted by atomic mass is 9.95. The van der Waals surface area contributed by atoms with Crippen molar-refractivity contribution in [2.24, 2.45) is 0 Å². The monoisotopic (exact) mass is 285 g/mol. The highest BCUT2D eigenvalue weighted by molar-refractivity contribution is 5.98. The van der Waals surface area contributed by atoms with Crippen LogP contribution in [0, 0.1) is 0 Å². The van der Waals surface area contributed by atoms with Gasteiger partial charge >= 0.3 is 0 Å². The van der Waals surface area contributed by atoms with Crippen molar-refractivity contribution in [1.29, 1.82) is 0 Å². The van der Waals surface area contributed by atoms with E-state index in [9.17, 15) is 4.79 Å². The molecule has 3 rings (SSSR count). The Balaban J connectivity index is 1.56. The van der Waals surface area contributed by atoms with E-state index in [2.05, 4.69) is 10.8 Å². The second kappa shape index (κ2) is 6.04. The third kappa shape index (κ3) is 3.10. The first-order valence-electron chi connectivity index (χ1n) is 7.25. The molecule has 0 saturated carbocycles.